The van der Waals surface area contributed by atoms with E-state index in [-0.39, 0.29) is 29.5 Å². The highest BCUT2D eigenvalue weighted by molar-refractivity contribution is 7.21. The molecular formula is C14H12ClF4NO2S. The molecule has 0 bridgehead atoms. The number of carbonyl (C=O) groups is 1. The van der Waals surface area contributed by atoms with Gasteiger partial charge in [0.05, 0.1) is 5.02 Å². The van der Waals surface area contributed by atoms with Crippen LogP contribution in [0.5, 0.6) is 0 Å². The maximum atomic E-state index is 13.2. The van der Waals surface area contributed by atoms with E-state index in [9.17, 15) is 22.4 Å². The number of fused-ring (bicyclic) bond motifs is 1. The largest absolute Gasteiger partial charge is 0.411 e. The van der Waals surface area contributed by atoms with Crippen LogP contribution in [0.4, 0.5) is 17.6 Å². The lowest BCUT2D eigenvalue weighted by molar-refractivity contribution is -0.173. The number of hydrogen-bond donors (Lipinski definition) is 1. The van der Waals surface area contributed by atoms with Crippen molar-refractivity contribution in [1.29, 1.82) is 0 Å². The van der Waals surface area contributed by atoms with Gasteiger partial charge in [0, 0.05) is 23.2 Å². The number of carbonyl (C=O) groups excluding carboxylic acids is 1. The van der Waals surface area contributed by atoms with Crippen molar-refractivity contribution < 1.29 is 27.1 Å². The number of benzene rings is 1. The monoisotopic (exact) mass is 369 g/mol. The summed E-state index contributed by atoms with van der Waals surface area (Å²) < 4.78 is 53.7. The zero-order valence-corrected chi connectivity index (χ0v) is 13.2. The number of ether oxygens (including phenoxy) is 1. The predicted octanol–water partition coefficient (Wildman–Crippen LogP) is 4.39. The van der Waals surface area contributed by atoms with Crippen molar-refractivity contribution in [3.05, 3.63) is 33.9 Å². The Balaban J connectivity index is 1.86. The van der Waals surface area contributed by atoms with Crippen molar-refractivity contribution in [2.45, 2.75) is 12.6 Å². The Labute approximate surface area is 138 Å². The number of alkyl halides is 3. The number of nitrogens with one attached hydrogen (secondary N) is 1. The number of rotatable bonds is 6. The van der Waals surface area contributed by atoms with Crippen LogP contribution in [-0.2, 0) is 4.74 Å². The van der Waals surface area contributed by atoms with Crippen molar-refractivity contribution in [3.8, 4) is 0 Å². The van der Waals surface area contributed by atoms with Crippen LogP contribution in [0.2, 0.25) is 5.02 Å². The zero-order valence-electron chi connectivity index (χ0n) is 11.7. The fourth-order valence-electron chi connectivity index (χ4n) is 1.83. The Morgan fingerprint density at radius 1 is 1.35 bits per heavy atom. The third-order valence-corrected chi connectivity index (χ3v) is 4.47. The maximum absolute atomic E-state index is 13.2. The second-order valence-corrected chi connectivity index (χ2v) is 6.09. The molecule has 0 fully saturated rings. The summed E-state index contributed by atoms with van der Waals surface area (Å²) in [5.74, 6) is -0.878. The van der Waals surface area contributed by atoms with E-state index in [2.05, 4.69) is 10.1 Å². The lowest BCUT2D eigenvalue weighted by Crippen LogP contribution is -2.25. The van der Waals surface area contributed by atoms with Crippen LogP contribution in [0.1, 0.15) is 16.1 Å². The number of halogens is 5. The molecule has 2 rings (SSSR count). The van der Waals surface area contributed by atoms with Gasteiger partial charge in [0.15, 0.2) is 0 Å². The van der Waals surface area contributed by atoms with Crippen LogP contribution in [0.3, 0.4) is 0 Å². The average Bonchev–Trinajstić information content (AvgIpc) is 2.78. The highest BCUT2D eigenvalue weighted by atomic mass is 35.5. The predicted molar refractivity (Wildman–Crippen MR) is 80.6 cm³/mol. The van der Waals surface area contributed by atoms with Crippen LogP contribution in [0.25, 0.3) is 10.1 Å². The van der Waals surface area contributed by atoms with Crippen LogP contribution < -0.4 is 5.32 Å². The van der Waals surface area contributed by atoms with E-state index in [0.29, 0.717) is 10.1 Å². The first-order valence-corrected chi connectivity index (χ1v) is 7.77. The SMILES string of the molecule is O=C(NCCCOCC(F)(F)F)c1sc2cc(F)ccc2c1Cl. The van der Waals surface area contributed by atoms with Crippen molar-refractivity contribution >= 4 is 38.9 Å². The third-order valence-electron chi connectivity index (χ3n) is 2.81. The molecule has 0 radical (unpaired) electrons. The summed E-state index contributed by atoms with van der Waals surface area (Å²) in [4.78, 5) is 12.3. The molecule has 0 saturated heterocycles. The molecule has 0 aliphatic rings. The highest BCUT2D eigenvalue weighted by Crippen LogP contribution is 2.35. The lowest BCUT2D eigenvalue weighted by Gasteiger charge is -2.08. The van der Waals surface area contributed by atoms with Crippen molar-refractivity contribution in [3.63, 3.8) is 0 Å². The minimum atomic E-state index is -4.36. The zero-order chi connectivity index (χ0) is 17.0. The van der Waals surface area contributed by atoms with Crippen LogP contribution in [-0.4, -0.2) is 31.8 Å². The number of amides is 1. The molecule has 9 heteroatoms. The van der Waals surface area contributed by atoms with Gasteiger partial charge in [-0.3, -0.25) is 4.79 Å². The van der Waals surface area contributed by atoms with E-state index < -0.39 is 24.5 Å². The first kappa shape index (κ1) is 18.0. The molecule has 2 aromatic rings. The maximum Gasteiger partial charge on any atom is 0.411 e. The summed E-state index contributed by atoms with van der Waals surface area (Å²) in [6.45, 7) is -1.28. The lowest BCUT2D eigenvalue weighted by atomic mass is 10.2. The number of hydrogen-bond acceptors (Lipinski definition) is 3. The van der Waals surface area contributed by atoms with Gasteiger partial charge in [-0.15, -0.1) is 11.3 Å². The Morgan fingerprint density at radius 2 is 2.09 bits per heavy atom. The Bertz CT molecular complexity index is 702. The first-order chi connectivity index (χ1) is 10.8. The summed E-state index contributed by atoms with van der Waals surface area (Å²) in [5, 5.41) is 3.36. The Morgan fingerprint density at radius 3 is 2.78 bits per heavy atom. The summed E-state index contributed by atoms with van der Waals surface area (Å²) >= 11 is 7.15. The number of thiophene rings is 1. The van der Waals surface area contributed by atoms with Gasteiger partial charge in [0.1, 0.15) is 17.3 Å². The fraction of sp³-hybridized carbons (Fsp3) is 0.357. The minimum absolute atomic E-state index is 0.120. The normalized spacial score (nSPS) is 11.9. The van der Waals surface area contributed by atoms with E-state index in [0.717, 1.165) is 11.3 Å². The standard InChI is InChI=1S/C14H12ClF4NO2S/c15-11-9-3-2-8(16)6-10(9)23-12(11)13(21)20-4-1-5-22-7-14(17,18)19/h2-3,6H,1,4-5,7H2,(H,20,21). The Hall–Kier alpha value is -1.38. The molecule has 0 aliphatic heterocycles. The molecule has 1 heterocycles. The molecule has 1 aromatic heterocycles. The molecule has 1 N–H and O–H groups in total. The molecule has 0 unspecified atom stereocenters. The fourth-order valence-corrected chi connectivity index (χ4v) is 3.29. The van der Waals surface area contributed by atoms with Gasteiger partial charge in [0.25, 0.3) is 5.91 Å². The van der Waals surface area contributed by atoms with Gasteiger partial charge in [-0.25, -0.2) is 4.39 Å². The van der Waals surface area contributed by atoms with Crippen molar-refractivity contribution in [1.82, 2.24) is 5.32 Å². The smallest absolute Gasteiger partial charge is 0.372 e. The van der Waals surface area contributed by atoms with Crippen molar-refractivity contribution in [2.75, 3.05) is 19.8 Å². The van der Waals surface area contributed by atoms with E-state index in [1.807, 2.05) is 0 Å². The first-order valence-electron chi connectivity index (χ1n) is 6.58. The quantitative estimate of drug-likeness (QED) is 0.605. The molecule has 1 amide bonds. The third kappa shape index (κ3) is 5.05. The average molecular weight is 370 g/mol. The van der Waals surface area contributed by atoms with E-state index >= 15 is 0 Å². The second-order valence-electron chi connectivity index (χ2n) is 4.66. The molecule has 0 atom stereocenters. The molecule has 3 nitrogen and oxygen atoms in total. The minimum Gasteiger partial charge on any atom is -0.372 e. The van der Waals surface area contributed by atoms with Gasteiger partial charge < -0.3 is 10.1 Å². The van der Waals surface area contributed by atoms with Gasteiger partial charge in [-0.1, -0.05) is 11.6 Å². The molecule has 0 saturated carbocycles. The van der Waals surface area contributed by atoms with Gasteiger partial charge in [-0.2, -0.15) is 13.2 Å². The van der Waals surface area contributed by atoms with Crippen molar-refractivity contribution in [2.24, 2.45) is 0 Å². The molecule has 1 aromatic carbocycles. The van der Waals surface area contributed by atoms with E-state index in [1.165, 1.54) is 18.2 Å². The van der Waals surface area contributed by atoms with Crippen LogP contribution >= 0.6 is 22.9 Å². The molecule has 23 heavy (non-hydrogen) atoms. The van der Waals surface area contributed by atoms with Gasteiger partial charge in [-0.05, 0) is 24.6 Å². The summed E-state index contributed by atoms with van der Waals surface area (Å²) in [7, 11) is 0. The topological polar surface area (TPSA) is 38.3 Å². The van der Waals surface area contributed by atoms with E-state index in [4.69, 9.17) is 11.6 Å². The van der Waals surface area contributed by atoms with Crippen LogP contribution in [0.15, 0.2) is 18.2 Å². The van der Waals surface area contributed by atoms with Gasteiger partial charge in [0.2, 0.25) is 0 Å². The summed E-state index contributed by atoms with van der Waals surface area (Å²) in [5.41, 5.74) is 0. The second kappa shape index (κ2) is 7.46. The van der Waals surface area contributed by atoms with Crippen LogP contribution in [0, 0.1) is 5.82 Å². The highest BCUT2D eigenvalue weighted by Gasteiger charge is 2.27. The van der Waals surface area contributed by atoms with Gasteiger partial charge >= 0.3 is 6.18 Å². The van der Waals surface area contributed by atoms with E-state index in [1.54, 1.807) is 0 Å². The molecular weight excluding hydrogens is 358 g/mol. The summed E-state index contributed by atoms with van der Waals surface area (Å²) in [6.07, 6.45) is -4.12. The molecule has 0 spiro atoms. The molecule has 0 aliphatic carbocycles. The Kier molecular flexibility index (Phi) is 5.83. The summed E-state index contributed by atoms with van der Waals surface area (Å²) in [6, 6.07) is 4.03. The molecule has 126 valence electrons.